The maximum absolute atomic E-state index is 12.7. The Kier molecular flexibility index (Phi) is 5.38. The Bertz CT molecular complexity index is 406. The minimum Gasteiger partial charge on any atom is -0.360 e. The second kappa shape index (κ2) is 6.58. The number of rotatable bonds is 6. The number of hydrogen-bond acceptors (Lipinski definition) is 4. The molecule has 0 aliphatic carbocycles. The van der Waals surface area contributed by atoms with Crippen LogP contribution in [0.5, 0.6) is 0 Å². The van der Waals surface area contributed by atoms with Crippen LogP contribution >= 0.6 is 0 Å². The molecule has 108 valence electrons. The van der Waals surface area contributed by atoms with Gasteiger partial charge < -0.3 is 10.2 Å². The van der Waals surface area contributed by atoms with Crippen molar-refractivity contribution >= 4 is 11.8 Å². The summed E-state index contributed by atoms with van der Waals surface area (Å²) >= 11 is 0. The number of anilines is 2. The lowest BCUT2D eigenvalue weighted by Gasteiger charge is -2.19. The molecular formula is C12H19F3N4. The second-order valence-electron chi connectivity index (χ2n) is 4.31. The Morgan fingerprint density at radius 2 is 1.95 bits per heavy atom. The molecule has 1 heterocycles. The number of nitrogens with one attached hydrogen (secondary N) is 1. The molecule has 0 aliphatic rings. The Morgan fingerprint density at radius 1 is 1.26 bits per heavy atom. The summed E-state index contributed by atoms with van der Waals surface area (Å²) in [6.45, 7) is 2.75. The number of alkyl halides is 3. The molecule has 1 aromatic heterocycles. The van der Waals surface area contributed by atoms with Crippen LogP contribution < -0.4 is 10.2 Å². The summed E-state index contributed by atoms with van der Waals surface area (Å²) in [5.74, 6) is 0.259. The average molecular weight is 276 g/mol. The van der Waals surface area contributed by atoms with Gasteiger partial charge in [0.05, 0.1) is 0 Å². The molecule has 1 rings (SSSR count). The van der Waals surface area contributed by atoms with E-state index >= 15 is 0 Å². The van der Waals surface area contributed by atoms with Gasteiger partial charge in [-0.15, -0.1) is 0 Å². The van der Waals surface area contributed by atoms with Gasteiger partial charge in [0.2, 0.25) is 5.95 Å². The zero-order chi connectivity index (χ0) is 14.5. The largest absolute Gasteiger partial charge is 0.433 e. The third-order valence-corrected chi connectivity index (χ3v) is 2.71. The lowest BCUT2D eigenvalue weighted by atomic mass is 10.2. The molecule has 0 saturated heterocycles. The third kappa shape index (κ3) is 4.57. The predicted molar refractivity (Wildman–Crippen MR) is 69.4 cm³/mol. The Morgan fingerprint density at radius 3 is 2.47 bits per heavy atom. The van der Waals surface area contributed by atoms with Crippen LogP contribution in [0.15, 0.2) is 6.07 Å². The molecule has 1 N–H and O–H groups in total. The number of aromatic nitrogens is 2. The van der Waals surface area contributed by atoms with Crippen LogP contribution in [0.4, 0.5) is 24.9 Å². The molecule has 0 fully saturated rings. The van der Waals surface area contributed by atoms with Gasteiger partial charge in [-0.25, -0.2) is 4.98 Å². The zero-order valence-corrected chi connectivity index (χ0v) is 11.4. The Balaban J connectivity index is 2.93. The van der Waals surface area contributed by atoms with Crippen LogP contribution in [0, 0.1) is 0 Å². The summed E-state index contributed by atoms with van der Waals surface area (Å²) < 4.78 is 38.2. The molecule has 0 amide bonds. The molecule has 7 heteroatoms. The smallest absolute Gasteiger partial charge is 0.360 e. The summed E-state index contributed by atoms with van der Waals surface area (Å²) in [7, 11) is 3.23. The molecule has 19 heavy (non-hydrogen) atoms. The third-order valence-electron chi connectivity index (χ3n) is 2.71. The van der Waals surface area contributed by atoms with Gasteiger partial charge in [0.25, 0.3) is 0 Å². The average Bonchev–Trinajstić information content (AvgIpc) is 2.37. The summed E-state index contributed by atoms with van der Waals surface area (Å²) in [6.07, 6.45) is -1.44. The summed E-state index contributed by atoms with van der Waals surface area (Å²) in [6, 6.07) is 0.979. The monoisotopic (exact) mass is 276 g/mol. The van der Waals surface area contributed by atoms with E-state index in [1.54, 1.807) is 11.9 Å². The van der Waals surface area contributed by atoms with Crippen molar-refractivity contribution in [1.29, 1.82) is 0 Å². The van der Waals surface area contributed by atoms with Gasteiger partial charge in [-0.3, -0.25) is 0 Å². The SMILES string of the molecule is CCCCCN(C)c1cc(C(F)(F)F)nc(NC)n1. The maximum atomic E-state index is 12.7. The number of nitrogens with zero attached hydrogens (tertiary/aromatic N) is 3. The van der Waals surface area contributed by atoms with Crippen molar-refractivity contribution in [3.8, 4) is 0 Å². The van der Waals surface area contributed by atoms with Crippen LogP contribution in [-0.2, 0) is 6.18 Å². The van der Waals surface area contributed by atoms with E-state index in [9.17, 15) is 13.2 Å². The van der Waals surface area contributed by atoms with Crippen LogP contribution in [-0.4, -0.2) is 30.6 Å². The standard InChI is InChI=1S/C12H19F3N4/c1-4-5-6-7-19(3)10-8-9(12(13,14)15)17-11(16-2)18-10/h8H,4-7H2,1-3H3,(H,16,17,18). The quantitative estimate of drug-likeness (QED) is 0.810. The highest BCUT2D eigenvalue weighted by atomic mass is 19.4. The minimum absolute atomic E-state index is 0.0211. The van der Waals surface area contributed by atoms with Gasteiger partial charge in [-0.1, -0.05) is 19.8 Å². The predicted octanol–water partition coefficient (Wildman–Crippen LogP) is 3.16. The Hall–Kier alpha value is -1.53. The molecule has 1 aromatic rings. The van der Waals surface area contributed by atoms with Crippen molar-refractivity contribution in [2.24, 2.45) is 0 Å². The lowest BCUT2D eigenvalue weighted by molar-refractivity contribution is -0.141. The van der Waals surface area contributed by atoms with Crippen molar-refractivity contribution in [2.75, 3.05) is 30.9 Å². The van der Waals surface area contributed by atoms with E-state index in [2.05, 4.69) is 22.2 Å². The highest BCUT2D eigenvalue weighted by molar-refractivity contribution is 5.44. The molecule has 0 spiro atoms. The van der Waals surface area contributed by atoms with Gasteiger partial charge in [-0.05, 0) is 6.42 Å². The lowest BCUT2D eigenvalue weighted by Crippen LogP contribution is -2.22. The number of hydrogen-bond donors (Lipinski definition) is 1. The molecule has 4 nitrogen and oxygen atoms in total. The maximum Gasteiger partial charge on any atom is 0.433 e. The first-order valence-corrected chi connectivity index (χ1v) is 6.23. The fraction of sp³-hybridized carbons (Fsp3) is 0.667. The van der Waals surface area contributed by atoms with Crippen molar-refractivity contribution in [2.45, 2.75) is 32.4 Å². The molecule has 0 aromatic carbocycles. The normalized spacial score (nSPS) is 11.5. The summed E-state index contributed by atoms with van der Waals surface area (Å²) in [5.41, 5.74) is -0.927. The number of unbranched alkanes of at least 4 members (excludes halogenated alkanes) is 2. The molecule has 0 bridgehead atoms. The molecule has 0 saturated carbocycles. The van der Waals surface area contributed by atoms with Crippen LogP contribution in [0.3, 0.4) is 0 Å². The van der Waals surface area contributed by atoms with Crippen LogP contribution in [0.25, 0.3) is 0 Å². The van der Waals surface area contributed by atoms with E-state index in [0.29, 0.717) is 6.54 Å². The van der Waals surface area contributed by atoms with Crippen molar-refractivity contribution in [1.82, 2.24) is 9.97 Å². The summed E-state index contributed by atoms with van der Waals surface area (Å²) in [4.78, 5) is 9.19. The van der Waals surface area contributed by atoms with E-state index in [4.69, 9.17) is 0 Å². The van der Waals surface area contributed by atoms with E-state index in [1.165, 1.54) is 7.05 Å². The van der Waals surface area contributed by atoms with Crippen molar-refractivity contribution in [3.63, 3.8) is 0 Å². The van der Waals surface area contributed by atoms with Gasteiger partial charge in [0, 0.05) is 26.7 Å². The molecule has 0 atom stereocenters. The highest BCUT2D eigenvalue weighted by Gasteiger charge is 2.34. The number of halogens is 3. The molecule has 0 aliphatic heterocycles. The van der Waals surface area contributed by atoms with Crippen molar-refractivity contribution in [3.05, 3.63) is 11.8 Å². The fourth-order valence-corrected chi connectivity index (χ4v) is 1.60. The second-order valence-corrected chi connectivity index (χ2v) is 4.31. The van der Waals surface area contributed by atoms with Gasteiger partial charge in [0.15, 0.2) is 5.69 Å². The Labute approximate surface area is 111 Å². The first-order valence-electron chi connectivity index (χ1n) is 6.23. The van der Waals surface area contributed by atoms with Gasteiger partial charge in [0.1, 0.15) is 5.82 Å². The summed E-state index contributed by atoms with van der Waals surface area (Å²) in [5, 5.41) is 2.55. The fourth-order valence-electron chi connectivity index (χ4n) is 1.60. The van der Waals surface area contributed by atoms with Crippen LogP contribution in [0.2, 0.25) is 0 Å². The van der Waals surface area contributed by atoms with E-state index in [1.807, 2.05) is 0 Å². The topological polar surface area (TPSA) is 41.1 Å². The van der Waals surface area contributed by atoms with E-state index in [0.717, 1.165) is 25.3 Å². The molecular weight excluding hydrogens is 257 g/mol. The van der Waals surface area contributed by atoms with Gasteiger partial charge >= 0.3 is 6.18 Å². The van der Waals surface area contributed by atoms with E-state index < -0.39 is 11.9 Å². The van der Waals surface area contributed by atoms with Crippen LogP contribution in [0.1, 0.15) is 31.9 Å². The zero-order valence-electron chi connectivity index (χ0n) is 11.4. The highest BCUT2D eigenvalue weighted by Crippen LogP contribution is 2.30. The van der Waals surface area contributed by atoms with E-state index in [-0.39, 0.29) is 11.8 Å². The molecule has 0 radical (unpaired) electrons. The minimum atomic E-state index is -4.46. The first kappa shape index (κ1) is 15.5. The van der Waals surface area contributed by atoms with Crippen molar-refractivity contribution < 1.29 is 13.2 Å². The van der Waals surface area contributed by atoms with Gasteiger partial charge in [-0.2, -0.15) is 18.2 Å². The first-order chi connectivity index (χ1) is 8.88. The molecule has 0 unspecified atom stereocenters.